The highest BCUT2D eigenvalue weighted by atomic mass is 16.5. The second-order valence-corrected chi connectivity index (χ2v) is 6.79. The predicted molar refractivity (Wildman–Crippen MR) is 91.5 cm³/mol. The summed E-state index contributed by atoms with van der Waals surface area (Å²) in [6, 6.07) is 5.71. The summed E-state index contributed by atoms with van der Waals surface area (Å²) in [6.45, 7) is 5.60. The number of morpholine rings is 1. The molecule has 7 nitrogen and oxygen atoms in total. The monoisotopic (exact) mass is 342 g/mol. The fourth-order valence-electron chi connectivity index (χ4n) is 3.59. The van der Waals surface area contributed by atoms with Crippen LogP contribution in [0.2, 0.25) is 0 Å². The average molecular weight is 342 g/mol. The summed E-state index contributed by atoms with van der Waals surface area (Å²) in [5.74, 6) is 0.922. The van der Waals surface area contributed by atoms with Crippen molar-refractivity contribution in [3.63, 3.8) is 0 Å². The summed E-state index contributed by atoms with van der Waals surface area (Å²) in [4.78, 5) is 16.6. The Kier molecular flexibility index (Phi) is 4.17. The number of hydrogen-bond donors (Lipinski definition) is 0. The van der Waals surface area contributed by atoms with Crippen LogP contribution in [-0.4, -0.2) is 59.4 Å². The lowest BCUT2D eigenvalue weighted by Gasteiger charge is -2.47. The van der Waals surface area contributed by atoms with Crippen molar-refractivity contribution in [2.75, 3.05) is 37.7 Å². The fraction of sp³-hybridized carbons (Fsp3) is 0.500. The molecule has 0 N–H and O–H groups in total. The lowest BCUT2D eigenvalue weighted by atomic mass is 9.89. The molecule has 2 saturated heterocycles. The van der Waals surface area contributed by atoms with Gasteiger partial charge in [-0.05, 0) is 38.0 Å². The third kappa shape index (κ3) is 3.24. The van der Waals surface area contributed by atoms with Gasteiger partial charge in [-0.15, -0.1) is 5.10 Å². The van der Waals surface area contributed by atoms with E-state index >= 15 is 0 Å². The molecule has 2 fully saturated rings. The van der Waals surface area contributed by atoms with Gasteiger partial charge >= 0.3 is 0 Å². The molecule has 1 amide bonds. The van der Waals surface area contributed by atoms with Gasteiger partial charge in [-0.25, -0.2) is 0 Å². The van der Waals surface area contributed by atoms with E-state index in [4.69, 9.17) is 9.15 Å². The standard InChI is InChI=1S/C18H22N4O3/c1-14-2-3-16(20-19-14)22-9-11-25-18(13-22)5-7-21(8-6-18)17(23)15-4-10-24-12-15/h2-4,10,12H,5-9,11,13H2,1H3. The molecule has 7 heteroatoms. The Morgan fingerprint density at radius 1 is 1.16 bits per heavy atom. The first-order chi connectivity index (χ1) is 12.2. The zero-order valence-corrected chi connectivity index (χ0v) is 14.4. The summed E-state index contributed by atoms with van der Waals surface area (Å²) in [7, 11) is 0. The third-order valence-corrected chi connectivity index (χ3v) is 5.09. The van der Waals surface area contributed by atoms with E-state index in [-0.39, 0.29) is 11.5 Å². The van der Waals surface area contributed by atoms with Crippen molar-refractivity contribution in [1.29, 1.82) is 0 Å². The molecule has 0 bridgehead atoms. The van der Waals surface area contributed by atoms with Crippen molar-refractivity contribution in [2.45, 2.75) is 25.4 Å². The van der Waals surface area contributed by atoms with Gasteiger partial charge in [0.1, 0.15) is 6.26 Å². The maximum Gasteiger partial charge on any atom is 0.257 e. The number of anilines is 1. The van der Waals surface area contributed by atoms with Crippen molar-refractivity contribution in [2.24, 2.45) is 0 Å². The Balaban J connectivity index is 1.41. The summed E-state index contributed by atoms with van der Waals surface area (Å²) in [6.07, 6.45) is 4.68. The number of carbonyl (C=O) groups is 1. The predicted octanol–water partition coefficient (Wildman–Crippen LogP) is 1.89. The van der Waals surface area contributed by atoms with E-state index in [1.54, 1.807) is 6.07 Å². The fourth-order valence-corrected chi connectivity index (χ4v) is 3.59. The molecule has 25 heavy (non-hydrogen) atoms. The van der Waals surface area contributed by atoms with Crippen molar-refractivity contribution >= 4 is 11.7 Å². The SMILES string of the molecule is Cc1ccc(N2CCOC3(CCN(C(=O)c4ccoc4)CC3)C2)nn1. The van der Waals surface area contributed by atoms with Crippen molar-refractivity contribution in [3.05, 3.63) is 42.0 Å². The van der Waals surface area contributed by atoms with Gasteiger partial charge in [0.15, 0.2) is 5.82 Å². The summed E-state index contributed by atoms with van der Waals surface area (Å²) in [5.41, 5.74) is 1.31. The zero-order valence-electron chi connectivity index (χ0n) is 14.4. The number of amides is 1. The molecule has 2 aliphatic rings. The van der Waals surface area contributed by atoms with E-state index in [2.05, 4.69) is 15.1 Å². The van der Waals surface area contributed by atoms with Crippen LogP contribution in [0.4, 0.5) is 5.82 Å². The molecule has 0 radical (unpaired) electrons. The lowest BCUT2D eigenvalue weighted by Crippen LogP contribution is -2.57. The second-order valence-electron chi connectivity index (χ2n) is 6.79. The molecule has 0 aliphatic carbocycles. The Morgan fingerprint density at radius 2 is 2.00 bits per heavy atom. The normalized spacial score (nSPS) is 20.0. The second kappa shape index (κ2) is 6.48. The smallest absolute Gasteiger partial charge is 0.257 e. The van der Waals surface area contributed by atoms with Crippen LogP contribution in [0.1, 0.15) is 28.9 Å². The van der Waals surface area contributed by atoms with E-state index in [0.717, 1.165) is 37.4 Å². The molecule has 2 aromatic rings. The van der Waals surface area contributed by atoms with Crippen LogP contribution >= 0.6 is 0 Å². The molecule has 0 aromatic carbocycles. The van der Waals surface area contributed by atoms with Crippen LogP contribution in [0.3, 0.4) is 0 Å². The number of furan rings is 1. The van der Waals surface area contributed by atoms with E-state index in [1.165, 1.54) is 12.5 Å². The molecule has 0 unspecified atom stereocenters. The van der Waals surface area contributed by atoms with Crippen molar-refractivity contribution in [1.82, 2.24) is 15.1 Å². The largest absolute Gasteiger partial charge is 0.472 e. The van der Waals surface area contributed by atoms with Crippen LogP contribution in [0, 0.1) is 6.92 Å². The van der Waals surface area contributed by atoms with Crippen molar-refractivity contribution < 1.29 is 13.9 Å². The maximum atomic E-state index is 12.4. The third-order valence-electron chi connectivity index (χ3n) is 5.09. The molecule has 132 valence electrons. The number of likely N-dealkylation sites (tertiary alicyclic amines) is 1. The highest BCUT2D eigenvalue weighted by Crippen LogP contribution is 2.32. The molecule has 4 rings (SSSR count). The minimum atomic E-state index is -0.210. The maximum absolute atomic E-state index is 12.4. The van der Waals surface area contributed by atoms with Gasteiger partial charge in [-0.3, -0.25) is 4.79 Å². The van der Waals surface area contributed by atoms with Gasteiger partial charge < -0.3 is 19.0 Å². The van der Waals surface area contributed by atoms with Crippen LogP contribution < -0.4 is 4.90 Å². The number of piperidine rings is 1. The average Bonchev–Trinajstić information content (AvgIpc) is 3.17. The van der Waals surface area contributed by atoms with Crippen molar-refractivity contribution in [3.8, 4) is 0 Å². The quantitative estimate of drug-likeness (QED) is 0.830. The first kappa shape index (κ1) is 16.1. The Morgan fingerprint density at radius 3 is 2.68 bits per heavy atom. The van der Waals surface area contributed by atoms with Gasteiger partial charge in [-0.2, -0.15) is 5.10 Å². The van der Waals surface area contributed by atoms with E-state index < -0.39 is 0 Å². The topological polar surface area (TPSA) is 71.7 Å². The molecule has 0 atom stereocenters. The molecule has 2 aliphatic heterocycles. The van der Waals surface area contributed by atoms with Crippen LogP contribution in [-0.2, 0) is 4.74 Å². The Hall–Kier alpha value is -2.41. The number of hydrogen-bond acceptors (Lipinski definition) is 6. The zero-order chi connectivity index (χ0) is 17.3. The molecule has 1 spiro atoms. The molecule has 0 saturated carbocycles. The van der Waals surface area contributed by atoms with E-state index in [1.807, 2.05) is 24.0 Å². The summed E-state index contributed by atoms with van der Waals surface area (Å²) < 4.78 is 11.2. The van der Waals surface area contributed by atoms with Gasteiger partial charge in [-0.1, -0.05) is 0 Å². The molecular weight excluding hydrogens is 320 g/mol. The highest BCUT2D eigenvalue weighted by Gasteiger charge is 2.41. The number of rotatable bonds is 2. The molecule has 2 aromatic heterocycles. The van der Waals surface area contributed by atoms with Crippen LogP contribution in [0.25, 0.3) is 0 Å². The number of aryl methyl sites for hydroxylation is 1. The van der Waals surface area contributed by atoms with Gasteiger partial charge in [0.05, 0.1) is 29.7 Å². The lowest BCUT2D eigenvalue weighted by molar-refractivity contribution is -0.0870. The van der Waals surface area contributed by atoms with Crippen LogP contribution in [0.5, 0.6) is 0 Å². The van der Waals surface area contributed by atoms with E-state index in [9.17, 15) is 4.79 Å². The highest BCUT2D eigenvalue weighted by molar-refractivity contribution is 5.93. The minimum Gasteiger partial charge on any atom is -0.472 e. The summed E-state index contributed by atoms with van der Waals surface area (Å²) in [5, 5.41) is 8.46. The number of aromatic nitrogens is 2. The Labute approximate surface area is 146 Å². The van der Waals surface area contributed by atoms with Gasteiger partial charge in [0.25, 0.3) is 5.91 Å². The summed E-state index contributed by atoms with van der Waals surface area (Å²) >= 11 is 0. The molecular formula is C18H22N4O3. The first-order valence-electron chi connectivity index (χ1n) is 8.66. The van der Waals surface area contributed by atoms with E-state index in [0.29, 0.717) is 25.3 Å². The van der Waals surface area contributed by atoms with Crippen LogP contribution in [0.15, 0.2) is 35.1 Å². The minimum absolute atomic E-state index is 0.0284. The molecule has 4 heterocycles. The van der Waals surface area contributed by atoms with Gasteiger partial charge in [0, 0.05) is 26.2 Å². The number of nitrogens with zero attached hydrogens (tertiary/aromatic N) is 4. The van der Waals surface area contributed by atoms with Gasteiger partial charge in [0.2, 0.25) is 0 Å². The number of ether oxygens (including phenoxy) is 1. The first-order valence-corrected chi connectivity index (χ1v) is 8.66. The Bertz CT molecular complexity index is 721. The number of carbonyl (C=O) groups excluding carboxylic acids is 1.